The summed E-state index contributed by atoms with van der Waals surface area (Å²) in [6.45, 7) is 0. The molecule has 2 aliphatic rings. The molecule has 4 heterocycles. The van der Waals surface area contributed by atoms with Gasteiger partial charge in [0.15, 0.2) is 0 Å². The van der Waals surface area contributed by atoms with Crippen LogP contribution in [0, 0.1) is 5.82 Å². The summed E-state index contributed by atoms with van der Waals surface area (Å²) in [5.41, 5.74) is 6.04. The number of carbonyl (C=O) groups is 1. The van der Waals surface area contributed by atoms with Gasteiger partial charge in [-0.15, -0.1) is 0 Å². The zero-order chi connectivity index (χ0) is 25.6. The predicted molar refractivity (Wildman–Crippen MR) is 123 cm³/mol. The first-order valence-electron chi connectivity index (χ1n) is 11.0. The van der Waals surface area contributed by atoms with E-state index in [0.717, 1.165) is 23.1 Å². The van der Waals surface area contributed by atoms with Crippen LogP contribution in [-0.2, 0) is 6.18 Å². The molecule has 4 radical (unpaired) electrons. The highest BCUT2D eigenvalue weighted by atomic mass is 19.4. The van der Waals surface area contributed by atoms with Crippen molar-refractivity contribution < 1.29 is 27.1 Å². The van der Waals surface area contributed by atoms with E-state index < -0.39 is 40.9 Å². The van der Waals surface area contributed by atoms with Crippen molar-refractivity contribution in [1.29, 1.82) is 0 Å². The summed E-state index contributed by atoms with van der Waals surface area (Å²) >= 11 is 0. The smallest absolute Gasteiger partial charge is 0.416 e. The number of nitrogens with two attached hydrogens (primary N) is 1. The van der Waals surface area contributed by atoms with Crippen LogP contribution in [-0.4, -0.2) is 52.3 Å². The molecular weight excluding hydrogens is 476 g/mol. The zero-order valence-corrected chi connectivity index (χ0v) is 18.5. The Morgan fingerprint density at radius 2 is 1.97 bits per heavy atom. The van der Waals surface area contributed by atoms with Crippen molar-refractivity contribution in [3.63, 3.8) is 0 Å². The molecule has 6 rings (SSSR count). The van der Waals surface area contributed by atoms with Crippen molar-refractivity contribution in [3.05, 3.63) is 65.4 Å². The van der Waals surface area contributed by atoms with E-state index in [-0.39, 0.29) is 35.5 Å². The second kappa shape index (κ2) is 7.37. The van der Waals surface area contributed by atoms with Gasteiger partial charge in [0.2, 0.25) is 0 Å². The maximum Gasteiger partial charge on any atom is 0.416 e. The van der Waals surface area contributed by atoms with Gasteiger partial charge in [0, 0.05) is 11.6 Å². The number of likely N-dealkylation sites (tertiary alicyclic amines) is 1. The molecule has 2 atom stereocenters. The van der Waals surface area contributed by atoms with Crippen LogP contribution >= 0.6 is 0 Å². The quantitative estimate of drug-likeness (QED) is 0.326. The van der Waals surface area contributed by atoms with E-state index in [2.05, 4.69) is 9.97 Å². The molecule has 0 saturated carbocycles. The van der Waals surface area contributed by atoms with E-state index in [1.54, 1.807) is 4.40 Å². The molecule has 0 bridgehead atoms. The molecule has 2 aliphatic heterocycles. The second-order valence-electron chi connectivity index (χ2n) is 9.02. The van der Waals surface area contributed by atoms with Crippen molar-refractivity contribution in [2.75, 3.05) is 5.73 Å². The Hall–Kier alpha value is -3.76. The van der Waals surface area contributed by atoms with Crippen LogP contribution in [0.2, 0.25) is 0 Å². The minimum Gasteiger partial charge on any atom is -0.488 e. The van der Waals surface area contributed by atoms with Crippen LogP contribution < -0.4 is 10.5 Å². The van der Waals surface area contributed by atoms with Crippen molar-refractivity contribution in [2.24, 2.45) is 0 Å². The van der Waals surface area contributed by atoms with E-state index in [4.69, 9.17) is 26.2 Å². The SMILES string of the molecule is [B]C1([B])CCC2Oc3cc(C(F)(F)F)ccc3C2N1C(=O)c1cc2c(cc1F)nc(N)c1cncn12. The highest BCUT2D eigenvalue weighted by Gasteiger charge is 2.50. The Morgan fingerprint density at radius 1 is 1.19 bits per heavy atom. The molecule has 0 spiro atoms. The van der Waals surface area contributed by atoms with Crippen LogP contribution in [0.3, 0.4) is 0 Å². The number of nitrogen functional groups attached to an aromatic ring is 1. The van der Waals surface area contributed by atoms with Gasteiger partial charge < -0.3 is 15.4 Å². The molecule has 4 aromatic rings. The molecule has 0 aliphatic carbocycles. The molecule has 2 aromatic heterocycles. The number of benzene rings is 2. The van der Waals surface area contributed by atoms with Gasteiger partial charge in [0.25, 0.3) is 5.91 Å². The third kappa shape index (κ3) is 3.25. The number of ether oxygens (including phenoxy) is 1. The monoisotopic (exact) mass is 491 g/mol. The lowest BCUT2D eigenvalue weighted by Crippen LogP contribution is -2.60. The number of piperidine rings is 1. The van der Waals surface area contributed by atoms with Crippen LogP contribution in [0.25, 0.3) is 16.6 Å². The highest BCUT2D eigenvalue weighted by Crippen LogP contribution is 2.49. The van der Waals surface area contributed by atoms with E-state index in [1.165, 1.54) is 24.7 Å². The van der Waals surface area contributed by atoms with Crippen molar-refractivity contribution in [1.82, 2.24) is 19.3 Å². The molecule has 1 fully saturated rings. The topological polar surface area (TPSA) is 85.8 Å². The van der Waals surface area contributed by atoms with E-state index >= 15 is 4.39 Å². The lowest BCUT2D eigenvalue weighted by Gasteiger charge is -2.49. The Bertz CT molecular complexity index is 1570. The van der Waals surface area contributed by atoms with Crippen LogP contribution in [0.5, 0.6) is 5.75 Å². The molecule has 13 heteroatoms. The number of fused-ring (bicyclic) bond motifs is 6. The molecule has 2 unspecified atom stereocenters. The fourth-order valence-electron chi connectivity index (χ4n) is 5.07. The number of anilines is 1. The lowest BCUT2D eigenvalue weighted by atomic mass is 9.55. The fraction of sp³-hybridized carbons (Fsp3) is 0.261. The van der Waals surface area contributed by atoms with Gasteiger partial charge in [-0.05, 0) is 36.4 Å². The van der Waals surface area contributed by atoms with Crippen molar-refractivity contribution >= 4 is 44.0 Å². The number of halogens is 4. The van der Waals surface area contributed by atoms with Gasteiger partial charge in [-0.25, -0.2) is 14.4 Å². The summed E-state index contributed by atoms with van der Waals surface area (Å²) in [5, 5.41) is -1.71. The number of imidazole rings is 1. The first-order valence-corrected chi connectivity index (χ1v) is 11.0. The zero-order valence-electron chi connectivity index (χ0n) is 18.5. The van der Waals surface area contributed by atoms with Crippen molar-refractivity contribution in [3.8, 4) is 5.75 Å². The second-order valence-corrected chi connectivity index (χ2v) is 9.02. The average molecular weight is 491 g/mol. The summed E-state index contributed by atoms with van der Waals surface area (Å²) in [6, 6.07) is 4.49. The number of amides is 1. The molecule has 1 saturated heterocycles. The van der Waals surface area contributed by atoms with Gasteiger partial charge in [-0.2, -0.15) is 13.2 Å². The standard InChI is InChI=1S/C23H15B2F4N5O2/c24-22(25)4-3-17-19(11-2-1-10(23(27,28)29)5-18(11)36-17)34(22)21(35)12-6-15-14(7-13(12)26)32-20(30)16-8-31-9-33(15)16/h1-2,5-9,17,19H,3-4H2,(H2,30,32). The highest BCUT2D eigenvalue weighted by molar-refractivity contribution is 6.41. The van der Waals surface area contributed by atoms with E-state index in [1.807, 2.05) is 0 Å². The predicted octanol–water partition coefficient (Wildman–Crippen LogP) is 3.35. The maximum absolute atomic E-state index is 15.3. The molecule has 36 heavy (non-hydrogen) atoms. The number of hydrogen-bond donors (Lipinski definition) is 1. The number of hydrogen-bond acceptors (Lipinski definition) is 5. The Kier molecular flexibility index (Phi) is 4.65. The van der Waals surface area contributed by atoms with Gasteiger partial charge in [0.05, 0.1) is 56.4 Å². The summed E-state index contributed by atoms with van der Waals surface area (Å²) in [6.07, 6.45) is -1.96. The fourth-order valence-corrected chi connectivity index (χ4v) is 5.07. The summed E-state index contributed by atoms with van der Waals surface area (Å²) in [4.78, 5) is 23.1. The minimum atomic E-state index is -4.57. The first kappa shape index (κ1) is 22.7. The Labute approximate surface area is 204 Å². The summed E-state index contributed by atoms with van der Waals surface area (Å²) in [5.74, 6) is -1.61. The van der Waals surface area contributed by atoms with Gasteiger partial charge >= 0.3 is 6.18 Å². The molecule has 178 valence electrons. The Balaban J connectivity index is 1.48. The van der Waals surface area contributed by atoms with Gasteiger partial charge in [0.1, 0.15) is 29.0 Å². The van der Waals surface area contributed by atoms with Crippen LogP contribution in [0.1, 0.15) is 40.4 Å². The largest absolute Gasteiger partial charge is 0.488 e. The maximum atomic E-state index is 15.3. The lowest BCUT2D eigenvalue weighted by molar-refractivity contribution is -0.137. The average Bonchev–Trinajstić information content (AvgIpc) is 3.42. The number of aromatic nitrogens is 3. The minimum absolute atomic E-state index is 0.0193. The van der Waals surface area contributed by atoms with Gasteiger partial charge in [-0.1, -0.05) is 6.07 Å². The number of nitrogens with zero attached hydrogens (tertiary/aromatic N) is 4. The number of carbonyl (C=O) groups excluding carboxylic acids is 1. The van der Waals surface area contributed by atoms with E-state index in [9.17, 15) is 18.0 Å². The Morgan fingerprint density at radius 3 is 2.72 bits per heavy atom. The van der Waals surface area contributed by atoms with Gasteiger partial charge in [-0.3, -0.25) is 9.20 Å². The molecule has 1 amide bonds. The van der Waals surface area contributed by atoms with Crippen LogP contribution in [0.4, 0.5) is 23.4 Å². The summed E-state index contributed by atoms with van der Waals surface area (Å²) in [7, 11) is 12.6. The molecule has 2 N–H and O–H groups in total. The number of rotatable bonds is 1. The molecule has 7 nitrogen and oxygen atoms in total. The normalized spacial score (nSPS) is 20.8. The van der Waals surface area contributed by atoms with Crippen molar-refractivity contribution in [2.45, 2.75) is 36.5 Å². The van der Waals surface area contributed by atoms with E-state index in [0.29, 0.717) is 16.6 Å². The third-order valence-electron chi connectivity index (χ3n) is 6.76. The first-order chi connectivity index (χ1) is 17.0. The van der Waals surface area contributed by atoms with Crippen LogP contribution in [0.15, 0.2) is 42.9 Å². The molecule has 2 aromatic carbocycles. The summed E-state index contributed by atoms with van der Waals surface area (Å²) < 4.78 is 62.3. The number of alkyl halides is 3. The molecular formula is C23H15B2F4N5O2. The third-order valence-corrected chi connectivity index (χ3v) is 6.76.